The highest BCUT2D eigenvalue weighted by atomic mass is 32.1. The zero-order valence-corrected chi connectivity index (χ0v) is 13.7. The molecule has 0 saturated carbocycles. The quantitative estimate of drug-likeness (QED) is 0.705. The number of anilines is 1. The van der Waals surface area contributed by atoms with E-state index in [1.54, 1.807) is 6.07 Å². The average Bonchev–Trinajstić information content (AvgIpc) is 3.04. The van der Waals surface area contributed by atoms with E-state index >= 15 is 0 Å². The first-order chi connectivity index (χ1) is 11.2. The summed E-state index contributed by atoms with van der Waals surface area (Å²) >= 11 is 1.54. The summed E-state index contributed by atoms with van der Waals surface area (Å²) in [6.07, 6.45) is 0. The van der Waals surface area contributed by atoms with Gasteiger partial charge in [-0.15, -0.1) is 11.3 Å². The minimum absolute atomic E-state index is 0.0508. The van der Waals surface area contributed by atoms with Crippen molar-refractivity contribution in [2.24, 2.45) is 0 Å². The molecule has 1 atom stereocenters. The highest BCUT2D eigenvalue weighted by Crippen LogP contribution is 2.28. The fourth-order valence-corrected chi connectivity index (χ4v) is 3.11. The normalized spacial score (nSPS) is 12.0. The Hall–Kier alpha value is -2.40. The largest absolute Gasteiger partial charge is 0.494 e. The number of methoxy groups -OCH3 is 1. The maximum absolute atomic E-state index is 13.8. The zero-order valence-electron chi connectivity index (χ0n) is 12.9. The zero-order chi connectivity index (χ0) is 16.2. The van der Waals surface area contributed by atoms with Crippen molar-refractivity contribution in [3.05, 3.63) is 65.3 Å². The summed E-state index contributed by atoms with van der Waals surface area (Å²) in [6.45, 7) is 1.98. The molecule has 0 saturated heterocycles. The van der Waals surface area contributed by atoms with Gasteiger partial charge in [-0.1, -0.05) is 36.4 Å². The Labute approximate surface area is 138 Å². The molecule has 3 rings (SSSR count). The number of nitrogens with one attached hydrogen (secondary N) is 1. The predicted molar refractivity (Wildman–Crippen MR) is 92.5 cm³/mol. The lowest BCUT2D eigenvalue weighted by Crippen LogP contribution is -2.07. The molecule has 0 amide bonds. The highest BCUT2D eigenvalue weighted by molar-refractivity contribution is 7.14. The Balaban J connectivity index is 1.74. The molecule has 0 radical (unpaired) electrons. The molecule has 2 aromatic carbocycles. The topological polar surface area (TPSA) is 34.1 Å². The van der Waals surface area contributed by atoms with Gasteiger partial charge in [0.05, 0.1) is 18.8 Å². The minimum atomic E-state index is -0.359. The number of halogens is 1. The van der Waals surface area contributed by atoms with Crippen molar-refractivity contribution in [1.82, 2.24) is 4.98 Å². The van der Waals surface area contributed by atoms with E-state index in [9.17, 15) is 4.39 Å². The number of thiazole rings is 1. The van der Waals surface area contributed by atoms with Crippen LogP contribution in [-0.4, -0.2) is 12.1 Å². The van der Waals surface area contributed by atoms with Gasteiger partial charge in [0, 0.05) is 10.9 Å². The van der Waals surface area contributed by atoms with E-state index < -0.39 is 0 Å². The number of rotatable bonds is 5. The molecule has 1 heterocycles. The molecule has 118 valence electrons. The summed E-state index contributed by atoms with van der Waals surface area (Å²) in [6, 6.07) is 14.9. The van der Waals surface area contributed by atoms with Crippen LogP contribution in [0.5, 0.6) is 5.75 Å². The van der Waals surface area contributed by atoms with E-state index in [-0.39, 0.29) is 17.6 Å². The molecular weight excluding hydrogens is 311 g/mol. The van der Waals surface area contributed by atoms with Crippen molar-refractivity contribution in [2.45, 2.75) is 13.0 Å². The van der Waals surface area contributed by atoms with Crippen molar-refractivity contribution in [2.75, 3.05) is 12.4 Å². The number of aromatic nitrogens is 1. The van der Waals surface area contributed by atoms with Crippen molar-refractivity contribution in [3.8, 4) is 17.0 Å². The maximum atomic E-state index is 13.8. The Morgan fingerprint density at radius 2 is 1.96 bits per heavy atom. The fraction of sp³-hybridized carbons (Fsp3) is 0.167. The first kappa shape index (κ1) is 15.5. The second kappa shape index (κ2) is 6.79. The predicted octanol–water partition coefficient (Wildman–Crippen LogP) is 5.13. The fourth-order valence-electron chi connectivity index (χ4n) is 2.30. The second-order valence-corrected chi connectivity index (χ2v) is 6.02. The van der Waals surface area contributed by atoms with E-state index in [1.807, 2.05) is 48.7 Å². The van der Waals surface area contributed by atoms with Gasteiger partial charge >= 0.3 is 0 Å². The van der Waals surface area contributed by atoms with Crippen molar-refractivity contribution in [1.29, 1.82) is 0 Å². The summed E-state index contributed by atoms with van der Waals surface area (Å²) in [5.41, 5.74) is 2.87. The first-order valence-electron chi connectivity index (χ1n) is 7.28. The van der Waals surface area contributed by atoms with Crippen LogP contribution < -0.4 is 10.1 Å². The Bertz CT molecular complexity index is 789. The number of nitrogens with zero attached hydrogens (tertiary/aromatic N) is 1. The molecule has 0 aliphatic rings. The van der Waals surface area contributed by atoms with Gasteiger partial charge in [-0.2, -0.15) is 0 Å². The van der Waals surface area contributed by atoms with Crippen molar-refractivity contribution < 1.29 is 9.13 Å². The SMILES string of the molecule is COc1ccc(C(C)Nc2nc(-c3ccccc3)cs2)cc1F. The molecular formula is C18H17FN2OS. The monoisotopic (exact) mass is 328 g/mol. The standard InChI is InChI=1S/C18H17FN2OS/c1-12(14-8-9-17(22-2)15(19)10-14)20-18-21-16(11-23-18)13-6-4-3-5-7-13/h3-12H,1-2H3,(H,20,21). The van der Waals surface area contributed by atoms with Crippen LogP contribution in [0.15, 0.2) is 53.9 Å². The third-order valence-electron chi connectivity index (χ3n) is 3.59. The molecule has 1 N–H and O–H groups in total. The number of hydrogen-bond donors (Lipinski definition) is 1. The molecule has 0 fully saturated rings. The van der Waals surface area contributed by atoms with E-state index in [0.29, 0.717) is 0 Å². The molecule has 0 bridgehead atoms. The lowest BCUT2D eigenvalue weighted by molar-refractivity contribution is 0.386. The summed E-state index contributed by atoms with van der Waals surface area (Å²) < 4.78 is 18.8. The van der Waals surface area contributed by atoms with Crippen LogP contribution in [0.2, 0.25) is 0 Å². The van der Waals surface area contributed by atoms with Gasteiger partial charge in [-0.25, -0.2) is 9.37 Å². The number of ether oxygens (including phenoxy) is 1. The van der Waals surface area contributed by atoms with Crippen LogP contribution in [0.3, 0.4) is 0 Å². The molecule has 3 aromatic rings. The summed E-state index contributed by atoms with van der Waals surface area (Å²) in [7, 11) is 1.46. The highest BCUT2D eigenvalue weighted by Gasteiger charge is 2.12. The molecule has 0 spiro atoms. The molecule has 0 aliphatic heterocycles. The molecule has 3 nitrogen and oxygen atoms in total. The second-order valence-electron chi connectivity index (χ2n) is 5.16. The van der Waals surface area contributed by atoms with Crippen LogP contribution >= 0.6 is 11.3 Å². The summed E-state index contributed by atoms with van der Waals surface area (Å²) in [5.74, 6) is -0.107. The number of benzene rings is 2. The van der Waals surface area contributed by atoms with E-state index in [1.165, 1.54) is 24.5 Å². The third-order valence-corrected chi connectivity index (χ3v) is 4.36. The van der Waals surface area contributed by atoms with Gasteiger partial charge < -0.3 is 10.1 Å². The molecule has 1 unspecified atom stereocenters. The Kier molecular flexibility index (Phi) is 4.57. The van der Waals surface area contributed by atoms with Gasteiger partial charge in [-0.05, 0) is 24.6 Å². The van der Waals surface area contributed by atoms with Gasteiger partial charge in [0.1, 0.15) is 0 Å². The summed E-state index contributed by atoms with van der Waals surface area (Å²) in [5, 5.41) is 6.14. The molecule has 23 heavy (non-hydrogen) atoms. The van der Waals surface area contributed by atoms with Gasteiger partial charge in [-0.3, -0.25) is 0 Å². The first-order valence-corrected chi connectivity index (χ1v) is 8.16. The van der Waals surface area contributed by atoms with Crippen LogP contribution in [0.4, 0.5) is 9.52 Å². The lowest BCUT2D eigenvalue weighted by atomic mass is 10.1. The minimum Gasteiger partial charge on any atom is -0.494 e. The summed E-state index contributed by atoms with van der Waals surface area (Å²) in [4.78, 5) is 4.59. The Morgan fingerprint density at radius 1 is 1.17 bits per heavy atom. The van der Waals surface area contributed by atoms with Crippen LogP contribution in [0.25, 0.3) is 11.3 Å². The van der Waals surface area contributed by atoms with E-state index in [4.69, 9.17) is 4.74 Å². The molecule has 0 aliphatic carbocycles. The maximum Gasteiger partial charge on any atom is 0.183 e. The van der Waals surface area contributed by atoms with Crippen LogP contribution in [-0.2, 0) is 0 Å². The smallest absolute Gasteiger partial charge is 0.183 e. The molecule has 1 aromatic heterocycles. The van der Waals surface area contributed by atoms with Gasteiger partial charge in [0.2, 0.25) is 0 Å². The van der Waals surface area contributed by atoms with Crippen LogP contribution in [0, 0.1) is 5.82 Å². The van der Waals surface area contributed by atoms with Crippen molar-refractivity contribution in [3.63, 3.8) is 0 Å². The van der Waals surface area contributed by atoms with E-state index in [0.717, 1.165) is 22.0 Å². The Morgan fingerprint density at radius 3 is 2.65 bits per heavy atom. The molecule has 5 heteroatoms. The van der Waals surface area contributed by atoms with Crippen molar-refractivity contribution >= 4 is 16.5 Å². The van der Waals surface area contributed by atoms with Crippen LogP contribution in [0.1, 0.15) is 18.5 Å². The average molecular weight is 328 g/mol. The lowest BCUT2D eigenvalue weighted by Gasteiger charge is -2.14. The van der Waals surface area contributed by atoms with Gasteiger partial charge in [0.15, 0.2) is 16.7 Å². The van der Waals surface area contributed by atoms with Gasteiger partial charge in [0.25, 0.3) is 0 Å². The third kappa shape index (κ3) is 3.51. The van der Waals surface area contributed by atoms with E-state index in [2.05, 4.69) is 10.3 Å². The number of hydrogen-bond acceptors (Lipinski definition) is 4.